The Morgan fingerprint density at radius 1 is 1.22 bits per heavy atom. The number of benzene rings is 1. The molecule has 0 fully saturated rings. The van der Waals surface area contributed by atoms with Gasteiger partial charge in [-0.15, -0.1) is 0 Å². The van der Waals surface area contributed by atoms with Gasteiger partial charge in [0.2, 0.25) is 0 Å². The molecule has 5 heteroatoms. The average Bonchev–Trinajstić information content (AvgIpc) is 2.99. The Kier molecular flexibility index (Phi) is 11.3. The number of aliphatic hydroxyl groups is 1. The van der Waals surface area contributed by atoms with Gasteiger partial charge in [-0.05, 0) is 42.4 Å². The summed E-state index contributed by atoms with van der Waals surface area (Å²) in [5.41, 5.74) is 10.8. The predicted octanol–water partition coefficient (Wildman–Crippen LogP) is 2.82. The van der Waals surface area contributed by atoms with Crippen molar-refractivity contribution in [3.8, 4) is 0 Å². The first kappa shape index (κ1) is 21.6. The van der Waals surface area contributed by atoms with Gasteiger partial charge in [-0.25, -0.2) is 10.2 Å². The summed E-state index contributed by atoms with van der Waals surface area (Å²) in [5.74, 6) is 1.06. The number of fused-ring (bicyclic) bond motifs is 1. The third-order valence-corrected chi connectivity index (χ3v) is 3.67. The van der Waals surface area contributed by atoms with E-state index in [-0.39, 0.29) is 6.61 Å². The molecule has 0 saturated carbocycles. The molecule has 132 valence electrons. The quantitative estimate of drug-likeness (QED) is 0.290. The number of quaternary nitrogens is 1. The maximum Gasteiger partial charge on any atom is 0.188 e. The minimum absolute atomic E-state index is 0.228. The molecule has 0 amide bonds. The first-order chi connectivity index (χ1) is 11.2. The van der Waals surface area contributed by atoms with Gasteiger partial charge in [-0.1, -0.05) is 34.6 Å². The Balaban J connectivity index is 0.00000112. The maximum atomic E-state index is 9.33. The Labute approximate surface area is 140 Å². The molecular formula is C18H34N3O2+. The van der Waals surface area contributed by atoms with E-state index in [1.165, 1.54) is 11.1 Å². The Morgan fingerprint density at radius 2 is 1.78 bits per heavy atom. The highest BCUT2D eigenvalue weighted by atomic mass is 16.5. The number of aliphatic hydroxyl groups excluding tert-OH is 1. The van der Waals surface area contributed by atoms with Crippen LogP contribution in [-0.4, -0.2) is 22.8 Å². The Bertz CT molecular complexity index is 487. The zero-order chi connectivity index (χ0) is 17.8. The lowest BCUT2D eigenvalue weighted by atomic mass is 10.0. The summed E-state index contributed by atoms with van der Waals surface area (Å²) in [6.45, 7) is 10.2. The second kappa shape index (κ2) is 12.0. The van der Waals surface area contributed by atoms with E-state index in [4.69, 9.17) is 10.8 Å². The topological polar surface area (TPSA) is 95.5 Å². The molecule has 0 aliphatic heterocycles. The van der Waals surface area contributed by atoms with Crippen LogP contribution in [0.25, 0.3) is 0 Å². The SMILES string of the molecule is CC.CC.CCC(N)=Nc1cc2c(cc1[NH2+]O)CC(CCO)C2. The van der Waals surface area contributed by atoms with Crippen LogP contribution in [0.5, 0.6) is 0 Å². The van der Waals surface area contributed by atoms with Crippen molar-refractivity contribution in [2.75, 3.05) is 6.61 Å². The van der Waals surface area contributed by atoms with E-state index >= 15 is 0 Å². The highest BCUT2D eigenvalue weighted by molar-refractivity contribution is 5.84. The van der Waals surface area contributed by atoms with Crippen molar-refractivity contribution in [2.45, 2.75) is 60.3 Å². The van der Waals surface area contributed by atoms with E-state index < -0.39 is 0 Å². The van der Waals surface area contributed by atoms with Crippen LogP contribution in [0.15, 0.2) is 17.1 Å². The smallest absolute Gasteiger partial charge is 0.188 e. The van der Waals surface area contributed by atoms with Crippen LogP contribution in [0.2, 0.25) is 0 Å². The maximum absolute atomic E-state index is 9.33. The number of nitrogens with zero attached hydrogens (tertiary/aromatic N) is 1. The van der Waals surface area contributed by atoms with Gasteiger partial charge in [0.1, 0.15) is 5.69 Å². The third-order valence-electron chi connectivity index (χ3n) is 3.67. The van der Waals surface area contributed by atoms with Crippen LogP contribution < -0.4 is 11.2 Å². The molecule has 1 unspecified atom stereocenters. The van der Waals surface area contributed by atoms with Crippen LogP contribution in [0.3, 0.4) is 0 Å². The molecule has 1 aliphatic carbocycles. The predicted molar refractivity (Wildman–Crippen MR) is 96.7 cm³/mol. The molecule has 1 atom stereocenters. The highest BCUT2D eigenvalue weighted by Gasteiger charge is 2.23. The van der Waals surface area contributed by atoms with Crippen molar-refractivity contribution < 1.29 is 15.8 Å². The standard InChI is InChI=1S/C14H21N3O2.2C2H6/c1-2-14(15)16-12-7-10-5-9(3-4-18)6-11(10)8-13(12)17-19;2*1-2/h7-9,17-19H,2-6H2,1H3,(H2,15,16);2*1-2H3/p+1. The zero-order valence-corrected chi connectivity index (χ0v) is 15.3. The molecule has 23 heavy (non-hydrogen) atoms. The minimum Gasteiger partial charge on any atom is -0.396 e. The molecule has 1 aromatic rings. The monoisotopic (exact) mass is 324 g/mol. The Hall–Kier alpha value is -1.43. The van der Waals surface area contributed by atoms with Gasteiger partial charge in [0.15, 0.2) is 5.69 Å². The number of hydrogen-bond acceptors (Lipinski definition) is 3. The number of hydrogen-bond donors (Lipinski definition) is 4. The van der Waals surface area contributed by atoms with Crippen LogP contribution in [0, 0.1) is 5.92 Å². The van der Waals surface area contributed by atoms with Gasteiger partial charge in [0.25, 0.3) is 0 Å². The van der Waals surface area contributed by atoms with Gasteiger partial charge in [0.05, 0.1) is 5.84 Å². The molecule has 1 aromatic carbocycles. The van der Waals surface area contributed by atoms with Gasteiger partial charge >= 0.3 is 0 Å². The molecule has 5 nitrogen and oxygen atoms in total. The van der Waals surface area contributed by atoms with Crippen LogP contribution in [0.1, 0.15) is 58.6 Å². The van der Waals surface area contributed by atoms with Crippen molar-refractivity contribution in [3.05, 3.63) is 23.3 Å². The molecule has 0 heterocycles. The summed E-state index contributed by atoms with van der Waals surface area (Å²) in [6, 6.07) is 3.99. The average molecular weight is 324 g/mol. The van der Waals surface area contributed by atoms with E-state index in [1.807, 2.05) is 46.8 Å². The summed E-state index contributed by atoms with van der Waals surface area (Å²) in [7, 11) is 0. The number of nitrogens with two attached hydrogens (primary N) is 2. The van der Waals surface area contributed by atoms with Gasteiger partial charge in [-0.2, -0.15) is 5.48 Å². The van der Waals surface area contributed by atoms with Crippen LogP contribution in [0.4, 0.5) is 11.4 Å². The van der Waals surface area contributed by atoms with Crippen LogP contribution in [-0.2, 0) is 12.8 Å². The number of aliphatic imine (C=N–C) groups is 1. The first-order valence-corrected chi connectivity index (χ1v) is 8.75. The summed E-state index contributed by atoms with van der Waals surface area (Å²) in [6.07, 6.45) is 3.44. The molecule has 0 bridgehead atoms. The number of rotatable bonds is 5. The fourth-order valence-electron chi connectivity index (χ4n) is 2.59. The largest absolute Gasteiger partial charge is 0.396 e. The van der Waals surface area contributed by atoms with Crippen molar-refractivity contribution in [1.82, 2.24) is 0 Å². The molecule has 6 N–H and O–H groups in total. The van der Waals surface area contributed by atoms with E-state index in [1.54, 1.807) is 0 Å². The molecule has 0 radical (unpaired) electrons. The van der Waals surface area contributed by atoms with Crippen molar-refractivity contribution in [1.29, 1.82) is 0 Å². The zero-order valence-electron chi connectivity index (χ0n) is 15.3. The second-order valence-electron chi connectivity index (χ2n) is 5.05. The summed E-state index contributed by atoms with van der Waals surface area (Å²) in [5, 5.41) is 18.4. The fraction of sp³-hybridized carbons (Fsp3) is 0.611. The second-order valence-corrected chi connectivity index (χ2v) is 5.05. The van der Waals surface area contributed by atoms with E-state index in [0.717, 1.165) is 30.4 Å². The first-order valence-electron chi connectivity index (χ1n) is 8.75. The number of amidine groups is 1. The van der Waals surface area contributed by atoms with Crippen molar-refractivity contribution in [2.24, 2.45) is 16.6 Å². The van der Waals surface area contributed by atoms with Gasteiger partial charge < -0.3 is 10.8 Å². The molecule has 0 spiro atoms. The van der Waals surface area contributed by atoms with Crippen molar-refractivity contribution >= 4 is 17.2 Å². The normalized spacial score (nSPS) is 16.0. The fourth-order valence-corrected chi connectivity index (χ4v) is 2.59. The summed E-state index contributed by atoms with van der Waals surface area (Å²) >= 11 is 0. The summed E-state index contributed by atoms with van der Waals surface area (Å²) in [4.78, 5) is 4.35. The molecule has 0 aromatic heterocycles. The molecular weight excluding hydrogens is 290 g/mol. The molecule has 0 saturated heterocycles. The molecule has 1 aliphatic rings. The highest BCUT2D eigenvalue weighted by Crippen LogP contribution is 2.34. The van der Waals surface area contributed by atoms with E-state index in [0.29, 0.717) is 23.9 Å². The summed E-state index contributed by atoms with van der Waals surface area (Å²) < 4.78 is 0. The lowest BCUT2D eigenvalue weighted by Crippen LogP contribution is -2.73. The van der Waals surface area contributed by atoms with Crippen LogP contribution >= 0.6 is 0 Å². The minimum atomic E-state index is 0.228. The lowest BCUT2D eigenvalue weighted by Gasteiger charge is -2.05. The molecule has 2 rings (SSSR count). The van der Waals surface area contributed by atoms with Crippen molar-refractivity contribution in [3.63, 3.8) is 0 Å². The van der Waals surface area contributed by atoms with Gasteiger partial charge in [-0.3, -0.25) is 0 Å². The third kappa shape index (κ3) is 6.29. The Morgan fingerprint density at radius 3 is 2.26 bits per heavy atom. The van der Waals surface area contributed by atoms with E-state index in [9.17, 15) is 5.21 Å². The van der Waals surface area contributed by atoms with Gasteiger partial charge in [0, 0.05) is 19.1 Å². The lowest BCUT2D eigenvalue weighted by molar-refractivity contribution is -0.825. The van der Waals surface area contributed by atoms with E-state index in [2.05, 4.69) is 4.99 Å².